The largest absolute Gasteiger partial charge is 0.393 e. The Labute approximate surface area is 120 Å². The minimum absolute atomic E-state index is 0.0386. The van der Waals surface area contributed by atoms with Crippen LogP contribution in [0.3, 0.4) is 0 Å². The van der Waals surface area contributed by atoms with Gasteiger partial charge in [0.15, 0.2) is 0 Å². The number of unbranched alkanes of at least 4 members (excludes halogenated alkanes) is 3. The first kappa shape index (κ1) is 15.6. The summed E-state index contributed by atoms with van der Waals surface area (Å²) in [5, 5.41) is 2.95. The van der Waals surface area contributed by atoms with Crippen molar-refractivity contribution < 1.29 is 4.79 Å². The zero-order chi connectivity index (χ0) is 14.1. The van der Waals surface area contributed by atoms with Crippen LogP contribution in [0.5, 0.6) is 0 Å². The second kappa shape index (κ2) is 8.64. The van der Waals surface area contributed by atoms with Gasteiger partial charge in [0.2, 0.25) is 0 Å². The number of carbonyl (C=O) groups excluding carboxylic acids is 1. The van der Waals surface area contributed by atoms with Crippen molar-refractivity contribution in [2.75, 3.05) is 6.54 Å². The van der Waals surface area contributed by atoms with Gasteiger partial charge >= 0.3 is 0 Å². The first-order valence-electron chi connectivity index (χ1n) is 6.79. The standard InChI is InChI=1S/C15H22N2OS/c1-2-3-4-7-10-17-15(18)13-9-6-5-8-12(13)11-14(16)19/h5-6,8-9H,2-4,7,10-11H2,1H3,(H2,16,19)(H,17,18). The van der Waals surface area contributed by atoms with E-state index in [1.807, 2.05) is 24.3 Å². The molecule has 0 saturated heterocycles. The molecule has 3 N–H and O–H groups in total. The molecule has 0 atom stereocenters. The fourth-order valence-electron chi connectivity index (χ4n) is 1.93. The molecule has 0 aliphatic carbocycles. The Morgan fingerprint density at radius 1 is 1.26 bits per heavy atom. The Kier molecular flexibility index (Phi) is 7.11. The van der Waals surface area contributed by atoms with Crippen LogP contribution in [0.25, 0.3) is 0 Å². The summed E-state index contributed by atoms with van der Waals surface area (Å²) in [7, 11) is 0. The molecular formula is C15H22N2OS. The van der Waals surface area contributed by atoms with Crippen LogP contribution >= 0.6 is 12.2 Å². The smallest absolute Gasteiger partial charge is 0.251 e. The number of nitrogens with two attached hydrogens (primary N) is 1. The van der Waals surface area contributed by atoms with Crippen LogP contribution in [0.4, 0.5) is 0 Å². The van der Waals surface area contributed by atoms with Gasteiger partial charge in [-0.1, -0.05) is 56.6 Å². The summed E-state index contributed by atoms with van der Waals surface area (Å²) in [6.45, 7) is 2.89. The summed E-state index contributed by atoms with van der Waals surface area (Å²) >= 11 is 4.91. The van der Waals surface area contributed by atoms with E-state index in [4.69, 9.17) is 18.0 Å². The molecule has 1 rings (SSSR count). The van der Waals surface area contributed by atoms with E-state index in [2.05, 4.69) is 12.2 Å². The molecule has 0 unspecified atom stereocenters. The van der Waals surface area contributed by atoms with Gasteiger partial charge in [0, 0.05) is 18.5 Å². The quantitative estimate of drug-likeness (QED) is 0.568. The third-order valence-electron chi connectivity index (χ3n) is 2.94. The van der Waals surface area contributed by atoms with Crippen LogP contribution in [0, 0.1) is 0 Å². The monoisotopic (exact) mass is 278 g/mol. The number of thiocarbonyl (C=S) groups is 1. The number of benzene rings is 1. The minimum atomic E-state index is -0.0386. The normalized spacial score (nSPS) is 10.2. The molecular weight excluding hydrogens is 256 g/mol. The van der Waals surface area contributed by atoms with Crippen molar-refractivity contribution in [3.8, 4) is 0 Å². The highest BCUT2D eigenvalue weighted by molar-refractivity contribution is 7.80. The number of nitrogens with one attached hydrogen (secondary N) is 1. The molecule has 1 amide bonds. The average Bonchev–Trinajstić information content (AvgIpc) is 2.38. The number of rotatable bonds is 8. The highest BCUT2D eigenvalue weighted by atomic mass is 32.1. The van der Waals surface area contributed by atoms with Crippen molar-refractivity contribution in [2.45, 2.75) is 39.0 Å². The van der Waals surface area contributed by atoms with Crippen LogP contribution < -0.4 is 11.1 Å². The average molecular weight is 278 g/mol. The Morgan fingerprint density at radius 2 is 2.00 bits per heavy atom. The number of hydrogen-bond donors (Lipinski definition) is 2. The fourth-order valence-corrected chi connectivity index (χ4v) is 2.09. The molecule has 0 spiro atoms. The van der Waals surface area contributed by atoms with Gasteiger partial charge in [0.05, 0.1) is 4.99 Å². The molecule has 1 aromatic carbocycles. The van der Waals surface area contributed by atoms with Crippen molar-refractivity contribution in [3.05, 3.63) is 35.4 Å². The highest BCUT2D eigenvalue weighted by Gasteiger charge is 2.10. The van der Waals surface area contributed by atoms with Gasteiger partial charge in [0.1, 0.15) is 0 Å². The van der Waals surface area contributed by atoms with Gasteiger partial charge in [-0.2, -0.15) is 0 Å². The fraction of sp³-hybridized carbons (Fsp3) is 0.467. The molecule has 0 radical (unpaired) electrons. The van der Waals surface area contributed by atoms with Gasteiger partial charge in [-0.05, 0) is 18.1 Å². The Morgan fingerprint density at radius 3 is 2.68 bits per heavy atom. The number of amides is 1. The first-order valence-corrected chi connectivity index (χ1v) is 7.20. The second-order valence-electron chi connectivity index (χ2n) is 4.62. The molecule has 1 aromatic rings. The second-order valence-corrected chi connectivity index (χ2v) is 5.14. The molecule has 4 heteroatoms. The third-order valence-corrected chi connectivity index (χ3v) is 3.09. The maximum Gasteiger partial charge on any atom is 0.251 e. The van der Waals surface area contributed by atoms with Crippen molar-refractivity contribution in [1.29, 1.82) is 0 Å². The van der Waals surface area contributed by atoms with E-state index >= 15 is 0 Å². The lowest BCUT2D eigenvalue weighted by molar-refractivity contribution is 0.0952. The summed E-state index contributed by atoms with van der Waals surface area (Å²) in [5.74, 6) is -0.0386. The summed E-state index contributed by atoms with van der Waals surface area (Å²) < 4.78 is 0. The first-order chi connectivity index (χ1) is 9.15. The van der Waals surface area contributed by atoms with Gasteiger partial charge in [-0.15, -0.1) is 0 Å². The van der Waals surface area contributed by atoms with Crippen LogP contribution in [-0.2, 0) is 6.42 Å². The maximum absolute atomic E-state index is 12.1. The summed E-state index contributed by atoms with van der Waals surface area (Å²) in [6, 6.07) is 7.46. The van der Waals surface area contributed by atoms with E-state index in [9.17, 15) is 4.79 Å². The Bertz CT molecular complexity index is 432. The SMILES string of the molecule is CCCCCCNC(=O)c1ccccc1CC(N)=S. The molecule has 0 bridgehead atoms. The molecule has 104 valence electrons. The van der Waals surface area contributed by atoms with Crippen molar-refractivity contribution in [2.24, 2.45) is 5.73 Å². The molecule has 0 heterocycles. The zero-order valence-corrected chi connectivity index (χ0v) is 12.3. The van der Waals surface area contributed by atoms with E-state index in [0.717, 1.165) is 24.9 Å². The summed E-state index contributed by atoms with van der Waals surface area (Å²) in [5.41, 5.74) is 7.11. The Hall–Kier alpha value is -1.42. The summed E-state index contributed by atoms with van der Waals surface area (Å²) in [4.78, 5) is 12.5. The lowest BCUT2D eigenvalue weighted by atomic mass is 10.0. The van der Waals surface area contributed by atoms with E-state index < -0.39 is 0 Å². The lowest BCUT2D eigenvalue weighted by Gasteiger charge is -2.09. The van der Waals surface area contributed by atoms with Gasteiger partial charge in [-0.25, -0.2) is 0 Å². The molecule has 0 aliphatic rings. The van der Waals surface area contributed by atoms with E-state index in [-0.39, 0.29) is 5.91 Å². The third kappa shape index (κ3) is 5.83. The minimum Gasteiger partial charge on any atom is -0.393 e. The lowest BCUT2D eigenvalue weighted by Crippen LogP contribution is -2.26. The molecule has 0 aromatic heterocycles. The van der Waals surface area contributed by atoms with Crippen LogP contribution in [0.1, 0.15) is 48.5 Å². The van der Waals surface area contributed by atoms with Crippen LogP contribution in [-0.4, -0.2) is 17.4 Å². The number of carbonyl (C=O) groups is 1. The summed E-state index contributed by atoms with van der Waals surface area (Å²) in [6.07, 6.45) is 5.07. The van der Waals surface area contributed by atoms with Crippen molar-refractivity contribution in [1.82, 2.24) is 5.32 Å². The highest BCUT2D eigenvalue weighted by Crippen LogP contribution is 2.10. The predicted octanol–water partition coefficient (Wildman–Crippen LogP) is 2.83. The van der Waals surface area contributed by atoms with E-state index in [0.29, 0.717) is 17.0 Å². The van der Waals surface area contributed by atoms with Crippen molar-refractivity contribution in [3.63, 3.8) is 0 Å². The van der Waals surface area contributed by atoms with Crippen molar-refractivity contribution >= 4 is 23.1 Å². The Balaban J connectivity index is 2.54. The van der Waals surface area contributed by atoms with Crippen LogP contribution in [0.15, 0.2) is 24.3 Å². The molecule has 3 nitrogen and oxygen atoms in total. The van der Waals surface area contributed by atoms with E-state index in [1.165, 1.54) is 12.8 Å². The van der Waals surface area contributed by atoms with Gasteiger partial charge < -0.3 is 11.1 Å². The van der Waals surface area contributed by atoms with Gasteiger partial charge in [0.25, 0.3) is 5.91 Å². The molecule has 19 heavy (non-hydrogen) atoms. The topological polar surface area (TPSA) is 55.1 Å². The van der Waals surface area contributed by atoms with Gasteiger partial charge in [-0.3, -0.25) is 4.79 Å². The van der Waals surface area contributed by atoms with E-state index in [1.54, 1.807) is 0 Å². The molecule has 0 saturated carbocycles. The predicted molar refractivity (Wildman–Crippen MR) is 83.4 cm³/mol. The zero-order valence-electron chi connectivity index (χ0n) is 11.4. The molecule has 0 fully saturated rings. The number of hydrogen-bond acceptors (Lipinski definition) is 2. The maximum atomic E-state index is 12.1. The van der Waals surface area contributed by atoms with Crippen LogP contribution in [0.2, 0.25) is 0 Å². The molecule has 0 aliphatic heterocycles.